The van der Waals surface area contributed by atoms with Crippen LogP contribution in [0.5, 0.6) is 0 Å². The highest BCUT2D eigenvalue weighted by Crippen LogP contribution is 2.35. The molecule has 1 saturated heterocycles. The van der Waals surface area contributed by atoms with Gasteiger partial charge in [-0.3, -0.25) is 4.79 Å². The summed E-state index contributed by atoms with van der Waals surface area (Å²) >= 11 is 0. The highest BCUT2D eigenvalue weighted by Gasteiger charge is 2.31. The quantitative estimate of drug-likeness (QED) is 0.403. The monoisotopic (exact) mass is 479 g/mol. The van der Waals surface area contributed by atoms with Crippen LogP contribution in [0.2, 0.25) is 0 Å². The lowest BCUT2D eigenvalue weighted by Crippen LogP contribution is -2.50. The van der Waals surface area contributed by atoms with Crippen LogP contribution in [0.3, 0.4) is 0 Å². The lowest BCUT2D eigenvalue weighted by molar-refractivity contribution is 0.0448. The molecule has 2 aliphatic rings. The number of hydrogen-bond donors (Lipinski definition) is 3. The Bertz CT molecular complexity index is 1430. The lowest BCUT2D eigenvalue weighted by Gasteiger charge is -2.32. The van der Waals surface area contributed by atoms with Gasteiger partial charge in [0.15, 0.2) is 5.65 Å². The minimum absolute atomic E-state index is 0.190. The molecular formula is C24H26FN7O3. The van der Waals surface area contributed by atoms with Crippen molar-refractivity contribution in [3.8, 4) is 11.3 Å². The second kappa shape index (κ2) is 8.58. The first-order valence-electron chi connectivity index (χ1n) is 11.8. The molecule has 35 heavy (non-hydrogen) atoms. The van der Waals surface area contributed by atoms with E-state index in [2.05, 4.69) is 25.3 Å². The maximum Gasteiger partial charge on any atom is 0.257 e. The molecule has 1 amide bonds. The Morgan fingerprint density at radius 3 is 2.71 bits per heavy atom. The number of halogens is 1. The SMILES string of the molecule is CNc1cc(-c2cn(C3CCOCC3)c3ncc(F)cc23)nc2c(C(=O)N[C@@H]3CC[C@H]3O)cnn12. The number of pyridine rings is 1. The van der Waals surface area contributed by atoms with Crippen LogP contribution < -0.4 is 10.6 Å². The van der Waals surface area contributed by atoms with E-state index in [0.717, 1.165) is 24.8 Å². The molecule has 1 saturated carbocycles. The van der Waals surface area contributed by atoms with Gasteiger partial charge in [0.25, 0.3) is 5.91 Å². The number of anilines is 1. The minimum atomic E-state index is -0.532. The highest BCUT2D eigenvalue weighted by molar-refractivity contribution is 6.01. The van der Waals surface area contributed by atoms with Crippen LogP contribution >= 0.6 is 0 Å². The molecule has 0 spiro atoms. The third-order valence-electron chi connectivity index (χ3n) is 7.02. The molecule has 10 nitrogen and oxygen atoms in total. The Labute approximate surface area is 200 Å². The van der Waals surface area contributed by atoms with E-state index in [1.165, 1.54) is 18.5 Å². The third kappa shape index (κ3) is 3.71. The summed E-state index contributed by atoms with van der Waals surface area (Å²) in [7, 11) is 1.76. The number of rotatable bonds is 5. The number of aliphatic hydroxyl groups is 1. The summed E-state index contributed by atoms with van der Waals surface area (Å²) in [5.41, 5.74) is 2.66. The molecule has 3 N–H and O–H groups in total. The van der Waals surface area contributed by atoms with Crippen LogP contribution in [0, 0.1) is 5.82 Å². The Kier molecular flexibility index (Phi) is 5.37. The van der Waals surface area contributed by atoms with Crippen molar-refractivity contribution in [3.63, 3.8) is 0 Å². The fourth-order valence-corrected chi connectivity index (χ4v) is 4.89. The molecule has 0 radical (unpaired) electrons. The molecule has 0 bridgehead atoms. The van der Waals surface area contributed by atoms with Crippen LogP contribution in [0.15, 0.2) is 30.7 Å². The second-order valence-electron chi connectivity index (χ2n) is 9.11. The van der Waals surface area contributed by atoms with E-state index in [0.29, 0.717) is 53.4 Å². The Balaban J connectivity index is 1.48. The number of amides is 1. The van der Waals surface area contributed by atoms with E-state index in [1.54, 1.807) is 11.6 Å². The van der Waals surface area contributed by atoms with Crippen LogP contribution in [-0.4, -0.2) is 67.6 Å². The van der Waals surface area contributed by atoms with Gasteiger partial charge >= 0.3 is 0 Å². The number of carbonyl (C=O) groups excluding carboxylic acids is 1. The fraction of sp³-hybridized carbons (Fsp3) is 0.417. The van der Waals surface area contributed by atoms with Crippen LogP contribution in [0.4, 0.5) is 10.2 Å². The van der Waals surface area contributed by atoms with Crippen molar-refractivity contribution in [1.29, 1.82) is 0 Å². The first-order chi connectivity index (χ1) is 17.0. The predicted molar refractivity (Wildman–Crippen MR) is 127 cm³/mol. The van der Waals surface area contributed by atoms with Gasteiger partial charge in [0.05, 0.1) is 30.2 Å². The number of aromatic nitrogens is 5. The number of nitrogens with zero attached hydrogens (tertiary/aromatic N) is 5. The maximum atomic E-state index is 14.3. The molecule has 5 heterocycles. The van der Waals surface area contributed by atoms with E-state index >= 15 is 0 Å². The molecule has 2 atom stereocenters. The van der Waals surface area contributed by atoms with Gasteiger partial charge in [0.1, 0.15) is 22.8 Å². The Hall–Kier alpha value is -3.57. The number of hydrogen-bond acceptors (Lipinski definition) is 7. The van der Waals surface area contributed by atoms with Crippen molar-refractivity contribution in [2.75, 3.05) is 25.6 Å². The number of aliphatic hydroxyl groups excluding tert-OH is 1. The van der Waals surface area contributed by atoms with E-state index in [1.807, 2.05) is 12.3 Å². The molecule has 2 fully saturated rings. The van der Waals surface area contributed by atoms with Crippen LogP contribution in [-0.2, 0) is 4.74 Å². The van der Waals surface area contributed by atoms with E-state index in [4.69, 9.17) is 9.72 Å². The summed E-state index contributed by atoms with van der Waals surface area (Å²) in [5.74, 6) is -0.140. The van der Waals surface area contributed by atoms with Crippen molar-refractivity contribution < 1.29 is 19.0 Å². The largest absolute Gasteiger partial charge is 0.391 e. The summed E-state index contributed by atoms with van der Waals surface area (Å²) in [4.78, 5) is 22.2. The van der Waals surface area contributed by atoms with Crippen LogP contribution in [0.25, 0.3) is 27.9 Å². The van der Waals surface area contributed by atoms with Gasteiger partial charge in [-0.15, -0.1) is 0 Å². The number of ether oxygens (including phenoxy) is 1. The van der Waals surface area contributed by atoms with Gasteiger partial charge in [-0.05, 0) is 31.7 Å². The first kappa shape index (κ1) is 21.9. The third-order valence-corrected chi connectivity index (χ3v) is 7.02. The summed E-state index contributed by atoms with van der Waals surface area (Å²) in [6, 6.07) is 3.22. The van der Waals surface area contributed by atoms with Crippen molar-refractivity contribution >= 4 is 28.4 Å². The number of nitrogens with one attached hydrogen (secondary N) is 2. The summed E-state index contributed by atoms with van der Waals surface area (Å²) in [5, 5.41) is 20.8. The summed E-state index contributed by atoms with van der Waals surface area (Å²) in [6.45, 7) is 1.33. The summed E-state index contributed by atoms with van der Waals surface area (Å²) < 4.78 is 23.4. The van der Waals surface area contributed by atoms with Crippen molar-refractivity contribution in [2.45, 2.75) is 43.9 Å². The molecule has 182 valence electrons. The Morgan fingerprint density at radius 1 is 1.17 bits per heavy atom. The normalized spacial score (nSPS) is 20.8. The molecule has 0 aromatic carbocycles. The fourth-order valence-electron chi connectivity index (χ4n) is 4.89. The van der Waals surface area contributed by atoms with Crippen molar-refractivity contribution in [3.05, 3.63) is 42.1 Å². The summed E-state index contributed by atoms with van der Waals surface area (Å²) in [6.07, 6.45) is 7.23. The molecular weight excluding hydrogens is 453 g/mol. The van der Waals surface area contributed by atoms with Gasteiger partial charge in [0.2, 0.25) is 0 Å². The van der Waals surface area contributed by atoms with E-state index in [-0.39, 0.29) is 18.0 Å². The van der Waals surface area contributed by atoms with Gasteiger partial charge in [-0.2, -0.15) is 9.61 Å². The van der Waals surface area contributed by atoms with Crippen molar-refractivity contribution in [1.82, 2.24) is 29.5 Å². The molecule has 1 aliphatic carbocycles. The van der Waals surface area contributed by atoms with Crippen LogP contribution in [0.1, 0.15) is 42.1 Å². The van der Waals surface area contributed by atoms with Gasteiger partial charge in [-0.1, -0.05) is 0 Å². The second-order valence-corrected chi connectivity index (χ2v) is 9.11. The zero-order chi connectivity index (χ0) is 24.1. The molecule has 1 aliphatic heterocycles. The number of carbonyl (C=O) groups is 1. The predicted octanol–water partition coefficient (Wildman–Crippen LogP) is 2.53. The molecule has 4 aromatic rings. The minimum Gasteiger partial charge on any atom is -0.391 e. The van der Waals surface area contributed by atoms with Gasteiger partial charge < -0.3 is 25.0 Å². The van der Waals surface area contributed by atoms with Gasteiger partial charge in [-0.25, -0.2) is 14.4 Å². The zero-order valence-electron chi connectivity index (χ0n) is 19.2. The maximum absolute atomic E-state index is 14.3. The molecule has 4 aromatic heterocycles. The number of fused-ring (bicyclic) bond motifs is 2. The lowest BCUT2D eigenvalue weighted by atomic mass is 9.89. The first-order valence-corrected chi connectivity index (χ1v) is 11.8. The average molecular weight is 480 g/mol. The topological polar surface area (TPSA) is 119 Å². The van der Waals surface area contributed by atoms with Crippen molar-refractivity contribution in [2.24, 2.45) is 0 Å². The highest BCUT2D eigenvalue weighted by atomic mass is 19.1. The smallest absolute Gasteiger partial charge is 0.257 e. The van der Waals surface area contributed by atoms with E-state index < -0.39 is 11.9 Å². The van der Waals surface area contributed by atoms with Gasteiger partial charge in [0, 0.05) is 49.5 Å². The standard InChI is InChI=1S/C24H26FN7O3/c1-26-21-9-19(29-23-16(11-28-32(21)23)24(34)30-18-2-3-20(18)33)17-12-31(14-4-6-35-7-5-14)22-15(17)8-13(25)10-27-22/h8-12,14,18,20,26,33H,2-7H2,1H3,(H,30,34)/t18-,20-/m1/s1. The van der Waals surface area contributed by atoms with E-state index in [9.17, 15) is 14.3 Å². The molecule has 0 unspecified atom stereocenters. The molecule has 6 rings (SSSR count). The Morgan fingerprint density at radius 2 is 2.00 bits per heavy atom. The average Bonchev–Trinajstić information content (AvgIpc) is 3.47. The molecule has 11 heteroatoms. The zero-order valence-corrected chi connectivity index (χ0v) is 19.2.